The lowest BCUT2D eigenvalue weighted by Gasteiger charge is -2.30. The number of piperidine rings is 1. The monoisotopic (exact) mass is 193 g/mol. The number of hydrogen-bond acceptors (Lipinski definition) is 2. The first kappa shape index (κ1) is 9.71. The first-order valence-electron chi connectivity index (χ1n) is 5.50. The van der Waals surface area contributed by atoms with Gasteiger partial charge < -0.3 is 4.90 Å². The smallest absolute Gasteiger partial charge is 0.0524 e. The third-order valence-electron chi connectivity index (χ3n) is 3.23. The van der Waals surface area contributed by atoms with Crippen molar-refractivity contribution >= 4 is 0 Å². The van der Waals surface area contributed by atoms with E-state index in [1.807, 2.05) is 17.9 Å². The van der Waals surface area contributed by atoms with Gasteiger partial charge in [-0.3, -0.25) is 4.68 Å². The molecular weight excluding hydrogens is 174 g/mol. The number of likely N-dealkylation sites (tertiary alicyclic amines) is 1. The summed E-state index contributed by atoms with van der Waals surface area (Å²) in [6.45, 7) is 5.93. The van der Waals surface area contributed by atoms with Crippen LogP contribution in [-0.4, -0.2) is 34.3 Å². The Morgan fingerprint density at radius 2 is 2.14 bits per heavy atom. The quantitative estimate of drug-likeness (QED) is 0.711. The van der Waals surface area contributed by atoms with Gasteiger partial charge in [-0.2, -0.15) is 5.10 Å². The van der Waals surface area contributed by atoms with E-state index in [0.29, 0.717) is 0 Å². The summed E-state index contributed by atoms with van der Waals surface area (Å²) < 4.78 is 1.90. The van der Waals surface area contributed by atoms with E-state index >= 15 is 0 Å². The maximum absolute atomic E-state index is 4.23. The van der Waals surface area contributed by atoms with Crippen LogP contribution in [0.15, 0.2) is 12.4 Å². The van der Waals surface area contributed by atoms with E-state index in [1.165, 1.54) is 38.0 Å². The molecule has 3 heteroatoms. The second-order valence-electron chi connectivity index (χ2n) is 4.16. The van der Waals surface area contributed by atoms with Crippen molar-refractivity contribution in [3.05, 3.63) is 18.0 Å². The van der Waals surface area contributed by atoms with Crippen molar-refractivity contribution in [2.45, 2.75) is 25.7 Å². The van der Waals surface area contributed by atoms with Gasteiger partial charge in [0, 0.05) is 13.2 Å². The lowest BCUT2D eigenvalue weighted by atomic mass is 9.92. The zero-order chi connectivity index (χ0) is 9.97. The molecule has 78 valence electrons. The van der Waals surface area contributed by atoms with E-state index in [-0.39, 0.29) is 0 Å². The number of nitrogens with zero attached hydrogens (tertiary/aromatic N) is 3. The molecule has 0 bridgehead atoms. The topological polar surface area (TPSA) is 21.1 Å². The van der Waals surface area contributed by atoms with Crippen LogP contribution in [0, 0.1) is 0 Å². The minimum absolute atomic E-state index is 0.742. The molecule has 0 aromatic carbocycles. The highest BCUT2D eigenvalue weighted by Gasteiger charge is 2.20. The maximum Gasteiger partial charge on any atom is 0.0524 e. The highest BCUT2D eigenvalue weighted by Crippen LogP contribution is 2.27. The van der Waals surface area contributed by atoms with Crippen molar-refractivity contribution in [2.24, 2.45) is 7.05 Å². The average molecular weight is 193 g/mol. The molecule has 14 heavy (non-hydrogen) atoms. The Morgan fingerprint density at radius 3 is 2.64 bits per heavy atom. The molecular formula is C11H19N3. The van der Waals surface area contributed by atoms with Crippen molar-refractivity contribution in [2.75, 3.05) is 19.6 Å². The Morgan fingerprint density at radius 1 is 1.43 bits per heavy atom. The molecule has 3 nitrogen and oxygen atoms in total. The van der Waals surface area contributed by atoms with Gasteiger partial charge in [0.1, 0.15) is 0 Å². The summed E-state index contributed by atoms with van der Waals surface area (Å²) in [5, 5.41) is 4.23. The molecule has 0 atom stereocenters. The van der Waals surface area contributed by atoms with Crippen LogP contribution in [0.2, 0.25) is 0 Å². The molecule has 1 aliphatic heterocycles. The standard InChI is InChI=1S/C11H19N3/c1-3-14-6-4-10(5-7-14)11-8-12-13(2)9-11/h8-10H,3-7H2,1-2H3. The van der Waals surface area contributed by atoms with Crippen LogP contribution in [-0.2, 0) is 7.05 Å². The molecule has 1 aromatic heterocycles. The van der Waals surface area contributed by atoms with Crippen LogP contribution in [0.1, 0.15) is 31.2 Å². The number of aryl methyl sites for hydroxylation is 1. The fourth-order valence-electron chi connectivity index (χ4n) is 2.23. The molecule has 1 aliphatic rings. The predicted molar refractivity (Wildman–Crippen MR) is 57.3 cm³/mol. The summed E-state index contributed by atoms with van der Waals surface area (Å²) in [7, 11) is 1.99. The fraction of sp³-hybridized carbons (Fsp3) is 0.727. The molecule has 1 saturated heterocycles. The van der Waals surface area contributed by atoms with Gasteiger partial charge in [0.05, 0.1) is 6.20 Å². The van der Waals surface area contributed by atoms with E-state index in [0.717, 1.165) is 5.92 Å². The van der Waals surface area contributed by atoms with Crippen LogP contribution in [0.25, 0.3) is 0 Å². The molecule has 0 spiro atoms. The van der Waals surface area contributed by atoms with Crippen molar-refractivity contribution in [3.8, 4) is 0 Å². The van der Waals surface area contributed by atoms with Crippen LogP contribution in [0.4, 0.5) is 0 Å². The van der Waals surface area contributed by atoms with Gasteiger partial charge in [-0.1, -0.05) is 6.92 Å². The van der Waals surface area contributed by atoms with Gasteiger partial charge in [0.2, 0.25) is 0 Å². The van der Waals surface area contributed by atoms with E-state index in [9.17, 15) is 0 Å². The minimum Gasteiger partial charge on any atom is -0.304 e. The molecule has 0 aliphatic carbocycles. The van der Waals surface area contributed by atoms with Crippen LogP contribution in [0.5, 0.6) is 0 Å². The van der Waals surface area contributed by atoms with E-state index < -0.39 is 0 Å². The second kappa shape index (κ2) is 4.13. The minimum atomic E-state index is 0.742. The first-order chi connectivity index (χ1) is 6.79. The SMILES string of the molecule is CCN1CCC(c2cnn(C)c2)CC1. The molecule has 2 heterocycles. The summed E-state index contributed by atoms with van der Waals surface area (Å²) in [5.41, 5.74) is 1.42. The number of hydrogen-bond donors (Lipinski definition) is 0. The molecule has 0 unspecified atom stereocenters. The third-order valence-corrected chi connectivity index (χ3v) is 3.23. The normalized spacial score (nSPS) is 20.1. The summed E-state index contributed by atoms with van der Waals surface area (Å²) in [6.07, 6.45) is 6.76. The van der Waals surface area contributed by atoms with Crippen molar-refractivity contribution < 1.29 is 0 Å². The average Bonchev–Trinajstić information content (AvgIpc) is 2.65. The molecule has 2 rings (SSSR count). The van der Waals surface area contributed by atoms with Crippen LogP contribution >= 0.6 is 0 Å². The molecule has 0 amide bonds. The summed E-state index contributed by atoms with van der Waals surface area (Å²) in [6, 6.07) is 0. The van der Waals surface area contributed by atoms with E-state index in [2.05, 4.69) is 23.1 Å². The molecule has 0 radical (unpaired) electrons. The summed E-state index contributed by atoms with van der Waals surface area (Å²) >= 11 is 0. The third kappa shape index (κ3) is 1.98. The van der Waals surface area contributed by atoms with Gasteiger partial charge in [-0.05, 0) is 44.0 Å². The number of rotatable bonds is 2. The molecule has 1 aromatic rings. The zero-order valence-corrected chi connectivity index (χ0v) is 9.11. The summed E-state index contributed by atoms with van der Waals surface area (Å²) in [5.74, 6) is 0.742. The molecule has 1 fully saturated rings. The van der Waals surface area contributed by atoms with Crippen molar-refractivity contribution in [3.63, 3.8) is 0 Å². The Bertz CT molecular complexity index is 284. The van der Waals surface area contributed by atoms with Gasteiger partial charge in [-0.25, -0.2) is 0 Å². The first-order valence-corrected chi connectivity index (χ1v) is 5.50. The highest BCUT2D eigenvalue weighted by molar-refractivity contribution is 5.12. The lowest BCUT2D eigenvalue weighted by Crippen LogP contribution is -2.32. The second-order valence-corrected chi connectivity index (χ2v) is 4.16. The predicted octanol–water partition coefficient (Wildman–Crippen LogP) is 1.62. The fourth-order valence-corrected chi connectivity index (χ4v) is 2.23. The van der Waals surface area contributed by atoms with Crippen LogP contribution in [0.3, 0.4) is 0 Å². The molecule has 0 N–H and O–H groups in total. The van der Waals surface area contributed by atoms with E-state index in [1.54, 1.807) is 0 Å². The van der Waals surface area contributed by atoms with Gasteiger partial charge in [0.25, 0.3) is 0 Å². The Hall–Kier alpha value is -0.830. The van der Waals surface area contributed by atoms with Gasteiger partial charge >= 0.3 is 0 Å². The lowest BCUT2D eigenvalue weighted by molar-refractivity contribution is 0.222. The zero-order valence-electron chi connectivity index (χ0n) is 9.11. The Kier molecular flexibility index (Phi) is 2.87. The highest BCUT2D eigenvalue weighted by atomic mass is 15.2. The van der Waals surface area contributed by atoms with Gasteiger partial charge in [0.15, 0.2) is 0 Å². The largest absolute Gasteiger partial charge is 0.304 e. The maximum atomic E-state index is 4.23. The van der Waals surface area contributed by atoms with E-state index in [4.69, 9.17) is 0 Å². The van der Waals surface area contributed by atoms with Gasteiger partial charge in [-0.15, -0.1) is 0 Å². The van der Waals surface area contributed by atoms with Crippen LogP contribution < -0.4 is 0 Å². The van der Waals surface area contributed by atoms with Crippen molar-refractivity contribution in [1.82, 2.24) is 14.7 Å². The number of aromatic nitrogens is 2. The molecule has 0 saturated carbocycles. The Balaban J connectivity index is 1.95. The Labute approximate surface area is 85.7 Å². The summed E-state index contributed by atoms with van der Waals surface area (Å²) in [4.78, 5) is 2.52. The van der Waals surface area contributed by atoms with Crippen molar-refractivity contribution in [1.29, 1.82) is 0 Å².